The minimum atomic E-state index is 0.396. The summed E-state index contributed by atoms with van der Waals surface area (Å²) in [4.78, 5) is 8.99. The summed E-state index contributed by atoms with van der Waals surface area (Å²) in [6.07, 6.45) is 8.34. The maximum absolute atomic E-state index is 6.13. The molecule has 0 unspecified atom stereocenters. The molecule has 19 heavy (non-hydrogen) atoms. The highest BCUT2D eigenvalue weighted by molar-refractivity contribution is 5.77. The molecule has 0 aliphatic heterocycles. The predicted octanol–water partition coefficient (Wildman–Crippen LogP) is 3.29. The molecule has 2 N–H and O–H groups in total. The van der Waals surface area contributed by atoms with E-state index in [0.29, 0.717) is 11.4 Å². The Bertz CT molecular complexity index is 593. The van der Waals surface area contributed by atoms with E-state index in [4.69, 9.17) is 5.73 Å². The van der Waals surface area contributed by atoms with E-state index in [-0.39, 0.29) is 0 Å². The lowest BCUT2D eigenvalue weighted by Gasteiger charge is -2.28. The fourth-order valence-corrected chi connectivity index (χ4v) is 3.39. The first-order valence-corrected chi connectivity index (χ1v) is 7.22. The van der Waals surface area contributed by atoms with Gasteiger partial charge in [0.15, 0.2) is 5.65 Å². The van der Waals surface area contributed by atoms with E-state index in [2.05, 4.69) is 28.4 Å². The third-order valence-corrected chi connectivity index (χ3v) is 4.77. The van der Waals surface area contributed by atoms with Crippen LogP contribution in [0, 0.1) is 12.3 Å². The number of fused-ring (bicyclic) bond motifs is 1. The molecular formula is C15H22N4. The third-order valence-electron chi connectivity index (χ3n) is 4.77. The number of pyridine rings is 1. The van der Waals surface area contributed by atoms with Crippen LogP contribution in [0.25, 0.3) is 11.2 Å². The molecule has 2 aromatic heterocycles. The van der Waals surface area contributed by atoms with Gasteiger partial charge in [0.25, 0.3) is 0 Å². The largest absolute Gasteiger partial charge is 0.369 e. The van der Waals surface area contributed by atoms with Gasteiger partial charge in [0.1, 0.15) is 5.52 Å². The molecule has 2 aromatic rings. The molecule has 1 fully saturated rings. The fourth-order valence-electron chi connectivity index (χ4n) is 3.39. The van der Waals surface area contributed by atoms with Crippen LogP contribution in [0.1, 0.15) is 44.6 Å². The molecule has 2 heterocycles. The lowest BCUT2D eigenvalue weighted by atomic mass is 9.83. The van der Waals surface area contributed by atoms with Crippen molar-refractivity contribution in [2.24, 2.45) is 5.41 Å². The first-order valence-electron chi connectivity index (χ1n) is 7.22. The summed E-state index contributed by atoms with van der Waals surface area (Å²) in [5.74, 6) is 0.608. The van der Waals surface area contributed by atoms with Crippen LogP contribution >= 0.6 is 0 Å². The molecule has 1 saturated carbocycles. The smallest absolute Gasteiger partial charge is 0.202 e. The fraction of sp³-hybridized carbons (Fsp3) is 0.600. The molecule has 0 bridgehead atoms. The summed E-state index contributed by atoms with van der Waals surface area (Å²) in [6.45, 7) is 5.31. The second kappa shape index (κ2) is 4.51. The van der Waals surface area contributed by atoms with Gasteiger partial charge in [-0.15, -0.1) is 0 Å². The number of nitrogens with zero attached hydrogens (tertiary/aromatic N) is 3. The van der Waals surface area contributed by atoms with Gasteiger partial charge < -0.3 is 5.73 Å². The molecule has 4 nitrogen and oxygen atoms in total. The average Bonchev–Trinajstić information content (AvgIpc) is 2.99. The van der Waals surface area contributed by atoms with E-state index in [0.717, 1.165) is 23.3 Å². The van der Waals surface area contributed by atoms with E-state index in [1.165, 1.54) is 32.1 Å². The molecule has 4 heteroatoms. The van der Waals surface area contributed by atoms with Gasteiger partial charge in [-0.25, -0.2) is 9.97 Å². The molecule has 0 spiro atoms. The Morgan fingerprint density at radius 3 is 2.79 bits per heavy atom. The first kappa shape index (κ1) is 12.5. The van der Waals surface area contributed by atoms with E-state index in [9.17, 15) is 0 Å². The van der Waals surface area contributed by atoms with Gasteiger partial charge in [0.05, 0.1) is 0 Å². The van der Waals surface area contributed by atoms with Crippen molar-refractivity contribution in [3.05, 3.63) is 17.8 Å². The van der Waals surface area contributed by atoms with Crippen LogP contribution < -0.4 is 5.73 Å². The van der Waals surface area contributed by atoms with E-state index in [1.807, 2.05) is 12.3 Å². The quantitative estimate of drug-likeness (QED) is 0.919. The molecule has 102 valence electrons. The summed E-state index contributed by atoms with van der Waals surface area (Å²) in [7, 11) is 0. The zero-order valence-electron chi connectivity index (χ0n) is 11.8. The van der Waals surface area contributed by atoms with E-state index < -0.39 is 0 Å². The minimum Gasteiger partial charge on any atom is -0.369 e. The number of imidazole rings is 1. The molecule has 0 saturated heterocycles. The lowest BCUT2D eigenvalue weighted by molar-refractivity contribution is 0.241. The Labute approximate surface area is 114 Å². The lowest BCUT2D eigenvalue weighted by Crippen LogP contribution is -2.23. The van der Waals surface area contributed by atoms with Gasteiger partial charge in [-0.1, -0.05) is 19.8 Å². The first-order chi connectivity index (χ1) is 9.15. The number of aryl methyl sites for hydroxylation is 1. The highest BCUT2D eigenvalue weighted by atomic mass is 15.2. The van der Waals surface area contributed by atoms with Crippen LogP contribution in [0.2, 0.25) is 0 Å². The van der Waals surface area contributed by atoms with Crippen molar-refractivity contribution in [1.82, 2.24) is 14.5 Å². The summed E-state index contributed by atoms with van der Waals surface area (Å²) in [5.41, 5.74) is 9.56. The zero-order chi connectivity index (χ0) is 13.5. The second-order valence-electron chi connectivity index (χ2n) is 5.92. The summed E-state index contributed by atoms with van der Waals surface area (Å²) in [5, 5.41) is 0. The van der Waals surface area contributed by atoms with E-state index in [1.54, 1.807) is 0 Å². The van der Waals surface area contributed by atoms with Crippen LogP contribution in [-0.2, 0) is 6.54 Å². The Morgan fingerprint density at radius 2 is 2.11 bits per heavy atom. The third kappa shape index (κ3) is 1.99. The molecule has 1 aliphatic rings. The second-order valence-corrected chi connectivity index (χ2v) is 5.92. The Hall–Kier alpha value is -1.58. The highest BCUT2D eigenvalue weighted by Gasteiger charge is 2.33. The Kier molecular flexibility index (Phi) is 2.96. The van der Waals surface area contributed by atoms with E-state index >= 15 is 0 Å². The SMILES string of the molecule is CCC1(Cn2c(N)nc3c(C)ccnc32)CCCC1. The molecule has 0 radical (unpaired) electrons. The molecule has 3 rings (SSSR count). The van der Waals surface area contributed by atoms with Gasteiger partial charge in [0.2, 0.25) is 5.95 Å². The van der Waals surface area contributed by atoms with Crippen molar-refractivity contribution in [2.45, 2.75) is 52.5 Å². The number of rotatable bonds is 3. The standard InChI is InChI=1S/C15H22N4/c1-3-15(7-4-5-8-15)10-19-13-12(18-14(19)16)11(2)6-9-17-13/h6,9H,3-5,7-8,10H2,1-2H3,(H2,16,18). The van der Waals surface area contributed by atoms with Crippen LogP contribution in [0.3, 0.4) is 0 Å². The number of nitrogen functional groups attached to an aromatic ring is 1. The summed E-state index contributed by atoms with van der Waals surface area (Å²) in [6, 6.07) is 1.99. The zero-order valence-corrected chi connectivity index (χ0v) is 11.8. The normalized spacial score (nSPS) is 18.2. The minimum absolute atomic E-state index is 0.396. The van der Waals surface area contributed by atoms with Crippen molar-refractivity contribution in [3.8, 4) is 0 Å². The molecule has 0 aromatic carbocycles. The predicted molar refractivity (Wildman–Crippen MR) is 77.9 cm³/mol. The molecule has 0 amide bonds. The summed E-state index contributed by atoms with van der Waals surface area (Å²) < 4.78 is 2.12. The molecule has 0 atom stereocenters. The number of hydrogen-bond donors (Lipinski definition) is 1. The maximum Gasteiger partial charge on any atom is 0.202 e. The van der Waals surface area contributed by atoms with Crippen molar-refractivity contribution in [3.63, 3.8) is 0 Å². The van der Waals surface area contributed by atoms with Crippen molar-refractivity contribution >= 4 is 17.1 Å². The Morgan fingerprint density at radius 1 is 1.37 bits per heavy atom. The van der Waals surface area contributed by atoms with Crippen LogP contribution in [0.15, 0.2) is 12.3 Å². The van der Waals surface area contributed by atoms with Crippen molar-refractivity contribution < 1.29 is 0 Å². The van der Waals surface area contributed by atoms with Gasteiger partial charge in [-0.05, 0) is 43.2 Å². The van der Waals surface area contributed by atoms with Crippen LogP contribution in [0.5, 0.6) is 0 Å². The maximum atomic E-state index is 6.13. The van der Waals surface area contributed by atoms with Crippen LogP contribution in [0.4, 0.5) is 5.95 Å². The Balaban J connectivity index is 2.05. The van der Waals surface area contributed by atoms with Crippen LogP contribution in [-0.4, -0.2) is 14.5 Å². The molecule has 1 aliphatic carbocycles. The van der Waals surface area contributed by atoms with Gasteiger partial charge in [-0.2, -0.15) is 0 Å². The van der Waals surface area contributed by atoms with Gasteiger partial charge in [0, 0.05) is 12.7 Å². The number of nitrogens with two attached hydrogens (primary N) is 1. The average molecular weight is 258 g/mol. The number of anilines is 1. The highest BCUT2D eigenvalue weighted by Crippen LogP contribution is 2.43. The van der Waals surface area contributed by atoms with Gasteiger partial charge >= 0.3 is 0 Å². The molecular weight excluding hydrogens is 236 g/mol. The van der Waals surface area contributed by atoms with Crippen molar-refractivity contribution in [1.29, 1.82) is 0 Å². The monoisotopic (exact) mass is 258 g/mol. The summed E-state index contributed by atoms with van der Waals surface area (Å²) >= 11 is 0. The van der Waals surface area contributed by atoms with Crippen molar-refractivity contribution in [2.75, 3.05) is 5.73 Å². The topological polar surface area (TPSA) is 56.7 Å². The van der Waals surface area contributed by atoms with Gasteiger partial charge in [-0.3, -0.25) is 4.57 Å². The number of hydrogen-bond acceptors (Lipinski definition) is 3. The number of aromatic nitrogens is 3.